The van der Waals surface area contributed by atoms with Crippen LogP contribution in [0.5, 0.6) is 0 Å². The zero-order chi connectivity index (χ0) is 19.7. The van der Waals surface area contributed by atoms with Crippen molar-refractivity contribution in [2.24, 2.45) is 0 Å². The largest absolute Gasteiger partial charge is 0.350 e. The lowest BCUT2D eigenvalue weighted by atomic mass is 10.2. The number of amides is 1. The van der Waals surface area contributed by atoms with Crippen LogP contribution < -0.4 is 5.32 Å². The van der Waals surface area contributed by atoms with Gasteiger partial charge in [0.15, 0.2) is 10.5 Å². The highest BCUT2D eigenvalue weighted by Gasteiger charge is 2.27. The van der Waals surface area contributed by atoms with E-state index in [0.717, 1.165) is 54.1 Å². The fraction of sp³-hybridized carbons (Fsp3) is 0.400. The Morgan fingerprint density at radius 2 is 2.14 bits per heavy atom. The molecule has 0 bridgehead atoms. The van der Waals surface area contributed by atoms with Crippen molar-refractivity contribution in [2.45, 2.75) is 46.1 Å². The highest BCUT2D eigenvalue weighted by Crippen LogP contribution is 2.28. The molecule has 0 fully saturated rings. The lowest BCUT2D eigenvalue weighted by Crippen LogP contribution is -2.27. The first kappa shape index (κ1) is 18.6. The lowest BCUT2D eigenvalue weighted by Gasteiger charge is -2.08. The number of H-pyrrole nitrogens is 1. The van der Waals surface area contributed by atoms with Crippen LogP contribution >= 0.6 is 12.2 Å². The van der Waals surface area contributed by atoms with Crippen LogP contribution in [-0.4, -0.2) is 37.0 Å². The molecule has 1 amide bonds. The standard InChI is InChI=1S/C20H24N6OS/c1-3-25-17(22-23-20(25)28)11-12-21-19(27)18-14-8-6-10-16(14)26(24-18)15-9-5-4-7-13(15)2/h4-5,7,9H,3,6,8,10-12H2,1-2H3,(H,21,27)(H,23,28). The summed E-state index contributed by atoms with van der Waals surface area (Å²) in [5.74, 6) is 0.728. The first-order valence-corrected chi connectivity index (χ1v) is 10.1. The average Bonchev–Trinajstić information content (AvgIpc) is 3.37. The Labute approximate surface area is 168 Å². The second-order valence-electron chi connectivity index (χ2n) is 7.02. The maximum Gasteiger partial charge on any atom is 0.272 e. The Kier molecular flexibility index (Phi) is 5.13. The zero-order valence-corrected chi connectivity index (χ0v) is 17.0. The number of nitrogens with zero attached hydrogens (tertiary/aromatic N) is 4. The van der Waals surface area contributed by atoms with Gasteiger partial charge in [0.25, 0.3) is 5.91 Å². The summed E-state index contributed by atoms with van der Waals surface area (Å²) >= 11 is 5.21. The summed E-state index contributed by atoms with van der Waals surface area (Å²) in [6, 6.07) is 8.14. The van der Waals surface area contributed by atoms with Crippen LogP contribution in [0, 0.1) is 11.7 Å². The normalized spacial score (nSPS) is 12.9. The molecule has 0 spiro atoms. The van der Waals surface area contributed by atoms with Gasteiger partial charge >= 0.3 is 0 Å². The highest BCUT2D eigenvalue weighted by molar-refractivity contribution is 7.71. The Hall–Kier alpha value is -2.74. The predicted molar refractivity (Wildman–Crippen MR) is 109 cm³/mol. The van der Waals surface area contributed by atoms with Crippen molar-refractivity contribution in [3.8, 4) is 5.69 Å². The molecule has 0 atom stereocenters. The third-order valence-corrected chi connectivity index (χ3v) is 5.59. The molecule has 2 aromatic heterocycles. The summed E-state index contributed by atoms with van der Waals surface area (Å²) in [4.78, 5) is 12.8. The lowest BCUT2D eigenvalue weighted by molar-refractivity contribution is 0.0947. The number of aryl methyl sites for hydroxylation is 1. The summed E-state index contributed by atoms with van der Waals surface area (Å²) in [7, 11) is 0. The molecule has 0 aliphatic heterocycles. The number of carbonyl (C=O) groups excluding carboxylic acids is 1. The Morgan fingerprint density at radius 3 is 2.93 bits per heavy atom. The van der Waals surface area contributed by atoms with Crippen molar-refractivity contribution < 1.29 is 4.79 Å². The molecule has 146 valence electrons. The zero-order valence-electron chi connectivity index (χ0n) is 16.2. The topological polar surface area (TPSA) is 80.5 Å². The van der Waals surface area contributed by atoms with E-state index in [1.165, 1.54) is 0 Å². The monoisotopic (exact) mass is 396 g/mol. The van der Waals surface area contributed by atoms with E-state index in [1.807, 2.05) is 28.3 Å². The number of rotatable bonds is 6. The molecule has 0 unspecified atom stereocenters. The van der Waals surface area contributed by atoms with E-state index in [0.29, 0.717) is 23.4 Å². The maximum absolute atomic E-state index is 12.8. The summed E-state index contributed by atoms with van der Waals surface area (Å²) < 4.78 is 4.50. The number of para-hydroxylation sites is 1. The minimum atomic E-state index is -0.123. The van der Waals surface area contributed by atoms with E-state index < -0.39 is 0 Å². The smallest absolute Gasteiger partial charge is 0.272 e. The average molecular weight is 397 g/mol. The molecular weight excluding hydrogens is 372 g/mol. The van der Waals surface area contributed by atoms with Gasteiger partial charge in [0.05, 0.1) is 5.69 Å². The van der Waals surface area contributed by atoms with Crippen LogP contribution in [0.1, 0.15) is 46.5 Å². The number of nitrogens with one attached hydrogen (secondary N) is 2. The van der Waals surface area contributed by atoms with Crippen molar-refractivity contribution in [1.82, 2.24) is 29.9 Å². The quantitative estimate of drug-likeness (QED) is 0.628. The third kappa shape index (κ3) is 3.28. The second-order valence-corrected chi connectivity index (χ2v) is 7.41. The number of fused-ring (bicyclic) bond motifs is 1. The molecule has 4 rings (SSSR count). The van der Waals surface area contributed by atoms with Crippen molar-refractivity contribution in [3.63, 3.8) is 0 Å². The minimum Gasteiger partial charge on any atom is -0.350 e. The molecular formula is C20H24N6OS. The van der Waals surface area contributed by atoms with E-state index >= 15 is 0 Å². The Morgan fingerprint density at radius 1 is 1.32 bits per heavy atom. The van der Waals surface area contributed by atoms with Crippen LogP contribution in [0.3, 0.4) is 0 Å². The van der Waals surface area contributed by atoms with Crippen LogP contribution in [-0.2, 0) is 25.8 Å². The number of aromatic amines is 1. The Balaban J connectivity index is 1.53. The number of hydrogen-bond donors (Lipinski definition) is 2. The van der Waals surface area contributed by atoms with E-state index in [4.69, 9.17) is 12.2 Å². The molecule has 1 aromatic carbocycles. The minimum absolute atomic E-state index is 0.123. The summed E-state index contributed by atoms with van der Waals surface area (Å²) in [5, 5.41) is 14.7. The van der Waals surface area contributed by atoms with Crippen molar-refractivity contribution in [3.05, 3.63) is 57.4 Å². The molecule has 28 heavy (non-hydrogen) atoms. The fourth-order valence-corrected chi connectivity index (χ4v) is 4.14. The van der Waals surface area contributed by atoms with Gasteiger partial charge in [-0.25, -0.2) is 4.68 Å². The first-order valence-electron chi connectivity index (χ1n) is 9.69. The van der Waals surface area contributed by atoms with Crippen LogP contribution in [0.2, 0.25) is 0 Å². The van der Waals surface area contributed by atoms with Gasteiger partial charge < -0.3 is 9.88 Å². The van der Waals surface area contributed by atoms with Crippen molar-refractivity contribution >= 4 is 18.1 Å². The molecule has 0 saturated heterocycles. The van der Waals surface area contributed by atoms with Crippen molar-refractivity contribution in [1.29, 1.82) is 0 Å². The molecule has 3 aromatic rings. The number of benzene rings is 1. The highest BCUT2D eigenvalue weighted by atomic mass is 32.1. The first-order chi connectivity index (χ1) is 13.6. The number of aromatic nitrogens is 5. The van der Waals surface area contributed by atoms with Gasteiger partial charge in [-0.2, -0.15) is 10.2 Å². The van der Waals surface area contributed by atoms with Crippen LogP contribution in [0.25, 0.3) is 5.69 Å². The van der Waals surface area contributed by atoms with Gasteiger partial charge in [-0.15, -0.1) is 0 Å². The van der Waals surface area contributed by atoms with E-state index in [1.54, 1.807) is 0 Å². The molecule has 2 heterocycles. The molecule has 0 radical (unpaired) electrons. The number of carbonyl (C=O) groups is 1. The summed E-state index contributed by atoms with van der Waals surface area (Å²) in [5.41, 5.74) is 4.97. The molecule has 1 aliphatic carbocycles. The summed E-state index contributed by atoms with van der Waals surface area (Å²) in [6.07, 6.45) is 3.53. The molecule has 1 aliphatic rings. The van der Waals surface area contributed by atoms with Gasteiger partial charge in [0.2, 0.25) is 0 Å². The second kappa shape index (κ2) is 7.71. The molecule has 2 N–H and O–H groups in total. The summed E-state index contributed by atoms with van der Waals surface area (Å²) in [6.45, 7) is 5.34. The molecule has 0 saturated carbocycles. The van der Waals surface area contributed by atoms with E-state index in [2.05, 4.69) is 39.7 Å². The van der Waals surface area contributed by atoms with E-state index in [9.17, 15) is 4.79 Å². The number of hydrogen-bond acceptors (Lipinski definition) is 4. The Bertz CT molecular complexity index is 1080. The van der Waals surface area contributed by atoms with Crippen molar-refractivity contribution in [2.75, 3.05) is 6.54 Å². The maximum atomic E-state index is 12.8. The third-order valence-electron chi connectivity index (χ3n) is 5.28. The van der Waals surface area contributed by atoms with Gasteiger partial charge in [0.1, 0.15) is 5.82 Å². The predicted octanol–water partition coefficient (Wildman–Crippen LogP) is 2.92. The van der Waals surface area contributed by atoms with Crippen LogP contribution in [0.15, 0.2) is 24.3 Å². The molecule has 7 nitrogen and oxygen atoms in total. The van der Waals surface area contributed by atoms with Gasteiger partial charge in [-0.3, -0.25) is 9.89 Å². The van der Waals surface area contributed by atoms with E-state index in [-0.39, 0.29) is 5.91 Å². The van der Waals surface area contributed by atoms with Gasteiger partial charge in [-0.05, 0) is 57.0 Å². The van der Waals surface area contributed by atoms with Gasteiger partial charge in [-0.1, -0.05) is 18.2 Å². The SMILES string of the molecule is CCn1c(CCNC(=O)c2nn(-c3ccccc3C)c3c2CCC3)n[nH]c1=S. The fourth-order valence-electron chi connectivity index (χ4n) is 3.86. The molecule has 8 heteroatoms. The van der Waals surface area contributed by atoms with Gasteiger partial charge in [0, 0.05) is 30.8 Å². The van der Waals surface area contributed by atoms with Crippen LogP contribution in [0.4, 0.5) is 0 Å².